The highest BCUT2D eigenvalue weighted by Crippen LogP contribution is 2.40. The Morgan fingerprint density at radius 3 is 2.09 bits per heavy atom. The van der Waals surface area contributed by atoms with Crippen LogP contribution < -0.4 is 14.2 Å². The lowest BCUT2D eigenvalue weighted by atomic mass is 9.99. The smallest absolute Gasteiger partial charge is 0.254 e. The van der Waals surface area contributed by atoms with E-state index in [-0.39, 0.29) is 5.91 Å². The molecular formula is C28H32N2O4. The first-order valence-corrected chi connectivity index (χ1v) is 11.6. The number of carbonyl (C=O) groups is 1. The summed E-state index contributed by atoms with van der Waals surface area (Å²) in [4.78, 5) is 17.7. The lowest BCUT2D eigenvalue weighted by molar-refractivity contribution is 0.0626. The highest BCUT2D eigenvalue weighted by atomic mass is 16.5. The molecule has 178 valence electrons. The summed E-state index contributed by atoms with van der Waals surface area (Å²) in [6, 6.07) is 22.1. The van der Waals surface area contributed by atoms with Crippen molar-refractivity contribution < 1.29 is 19.0 Å². The summed E-state index contributed by atoms with van der Waals surface area (Å²) in [5.74, 6) is 2.05. The molecule has 1 amide bonds. The number of amides is 1. The minimum absolute atomic E-state index is 0.106. The van der Waals surface area contributed by atoms with E-state index < -0.39 is 0 Å². The van der Waals surface area contributed by atoms with Gasteiger partial charge in [0, 0.05) is 43.9 Å². The van der Waals surface area contributed by atoms with Gasteiger partial charge in [-0.05, 0) is 29.7 Å². The standard InChI is InChI=1S/C28H32N2O4/c1-32-25-14-13-23(26(33-2)27(25)34-3)20-29-15-17-30(18-16-29)28(31)24-12-8-7-11-22(24)19-21-9-5-4-6-10-21/h4-14H,15-20H2,1-3H3. The van der Waals surface area contributed by atoms with Gasteiger partial charge in [-0.1, -0.05) is 54.6 Å². The normalized spacial score (nSPS) is 14.0. The van der Waals surface area contributed by atoms with Gasteiger partial charge in [-0.15, -0.1) is 0 Å². The summed E-state index contributed by atoms with van der Waals surface area (Å²) < 4.78 is 16.5. The molecular weight excluding hydrogens is 428 g/mol. The summed E-state index contributed by atoms with van der Waals surface area (Å²) in [7, 11) is 4.87. The van der Waals surface area contributed by atoms with Gasteiger partial charge in [-0.2, -0.15) is 0 Å². The van der Waals surface area contributed by atoms with Crippen LogP contribution in [-0.2, 0) is 13.0 Å². The molecule has 1 fully saturated rings. The van der Waals surface area contributed by atoms with E-state index in [9.17, 15) is 4.79 Å². The first-order chi connectivity index (χ1) is 16.6. The summed E-state index contributed by atoms with van der Waals surface area (Å²) in [6.07, 6.45) is 0.752. The second kappa shape index (κ2) is 11.1. The van der Waals surface area contributed by atoms with Gasteiger partial charge in [-0.3, -0.25) is 9.69 Å². The van der Waals surface area contributed by atoms with Crippen LogP contribution >= 0.6 is 0 Å². The summed E-state index contributed by atoms with van der Waals surface area (Å²) in [6.45, 7) is 3.69. The summed E-state index contributed by atoms with van der Waals surface area (Å²) >= 11 is 0. The number of carbonyl (C=O) groups excluding carboxylic acids is 1. The third-order valence-electron chi connectivity index (χ3n) is 6.32. The molecule has 0 bridgehead atoms. The Labute approximate surface area is 201 Å². The van der Waals surface area contributed by atoms with E-state index in [0.717, 1.165) is 42.7 Å². The Hall–Kier alpha value is -3.51. The zero-order valence-corrected chi connectivity index (χ0v) is 20.1. The van der Waals surface area contributed by atoms with Crippen molar-refractivity contribution in [1.29, 1.82) is 0 Å². The average molecular weight is 461 g/mol. The van der Waals surface area contributed by atoms with E-state index in [4.69, 9.17) is 14.2 Å². The Morgan fingerprint density at radius 2 is 1.41 bits per heavy atom. The first kappa shape index (κ1) is 23.6. The number of nitrogens with zero attached hydrogens (tertiary/aromatic N) is 2. The van der Waals surface area contributed by atoms with Gasteiger partial charge in [0.15, 0.2) is 11.5 Å². The molecule has 6 nitrogen and oxygen atoms in total. The number of benzene rings is 3. The van der Waals surface area contributed by atoms with Crippen LogP contribution in [0, 0.1) is 0 Å². The molecule has 6 heteroatoms. The van der Waals surface area contributed by atoms with E-state index in [1.807, 2.05) is 53.4 Å². The fraction of sp³-hybridized carbons (Fsp3) is 0.321. The minimum Gasteiger partial charge on any atom is -0.493 e. The van der Waals surface area contributed by atoms with E-state index >= 15 is 0 Å². The molecule has 1 heterocycles. The van der Waals surface area contributed by atoms with E-state index in [0.29, 0.717) is 30.3 Å². The van der Waals surface area contributed by atoms with Crippen LogP contribution in [0.25, 0.3) is 0 Å². The second-order valence-corrected chi connectivity index (χ2v) is 8.38. The fourth-order valence-corrected chi connectivity index (χ4v) is 4.51. The zero-order chi connectivity index (χ0) is 23.9. The van der Waals surface area contributed by atoms with Crippen molar-refractivity contribution in [3.05, 3.63) is 89.0 Å². The summed E-state index contributed by atoms with van der Waals surface area (Å²) in [5.41, 5.74) is 4.10. The van der Waals surface area contributed by atoms with E-state index in [1.54, 1.807) is 21.3 Å². The predicted octanol–water partition coefficient (Wildman–Crippen LogP) is 4.26. The van der Waals surface area contributed by atoms with Crippen molar-refractivity contribution in [3.8, 4) is 17.2 Å². The van der Waals surface area contributed by atoms with Gasteiger partial charge in [-0.25, -0.2) is 0 Å². The lowest BCUT2D eigenvalue weighted by Crippen LogP contribution is -2.48. The van der Waals surface area contributed by atoms with Crippen LogP contribution in [0.3, 0.4) is 0 Å². The molecule has 0 radical (unpaired) electrons. The Morgan fingerprint density at radius 1 is 0.735 bits per heavy atom. The third kappa shape index (κ3) is 5.18. The molecule has 0 saturated carbocycles. The van der Waals surface area contributed by atoms with Gasteiger partial charge in [0.1, 0.15) is 0 Å². The monoisotopic (exact) mass is 460 g/mol. The van der Waals surface area contributed by atoms with Gasteiger partial charge in [0.2, 0.25) is 5.75 Å². The molecule has 1 aliphatic rings. The van der Waals surface area contributed by atoms with Crippen molar-refractivity contribution in [1.82, 2.24) is 9.80 Å². The molecule has 1 aliphatic heterocycles. The van der Waals surface area contributed by atoms with Crippen LogP contribution in [0.15, 0.2) is 66.7 Å². The van der Waals surface area contributed by atoms with Crippen LogP contribution in [-0.4, -0.2) is 63.2 Å². The van der Waals surface area contributed by atoms with Gasteiger partial charge in [0.05, 0.1) is 21.3 Å². The van der Waals surface area contributed by atoms with Crippen molar-refractivity contribution >= 4 is 5.91 Å². The first-order valence-electron chi connectivity index (χ1n) is 11.6. The molecule has 0 atom stereocenters. The maximum Gasteiger partial charge on any atom is 0.254 e. The summed E-state index contributed by atoms with van der Waals surface area (Å²) in [5, 5.41) is 0. The SMILES string of the molecule is COc1ccc(CN2CCN(C(=O)c3ccccc3Cc3ccccc3)CC2)c(OC)c1OC. The number of hydrogen-bond donors (Lipinski definition) is 0. The number of ether oxygens (including phenoxy) is 3. The molecule has 1 saturated heterocycles. The van der Waals surface area contributed by atoms with E-state index in [2.05, 4.69) is 23.1 Å². The zero-order valence-electron chi connectivity index (χ0n) is 20.1. The number of hydrogen-bond acceptors (Lipinski definition) is 5. The van der Waals surface area contributed by atoms with Crippen LogP contribution in [0.4, 0.5) is 0 Å². The minimum atomic E-state index is 0.106. The van der Waals surface area contributed by atoms with Gasteiger partial charge >= 0.3 is 0 Å². The van der Waals surface area contributed by atoms with Crippen molar-refractivity contribution in [3.63, 3.8) is 0 Å². The number of piperazine rings is 1. The molecule has 0 aromatic heterocycles. The third-order valence-corrected chi connectivity index (χ3v) is 6.32. The molecule has 0 aliphatic carbocycles. The predicted molar refractivity (Wildman–Crippen MR) is 133 cm³/mol. The van der Waals surface area contributed by atoms with Crippen LogP contribution in [0.5, 0.6) is 17.2 Å². The van der Waals surface area contributed by atoms with Gasteiger partial charge in [0.25, 0.3) is 5.91 Å². The maximum absolute atomic E-state index is 13.4. The molecule has 4 rings (SSSR count). The van der Waals surface area contributed by atoms with Crippen molar-refractivity contribution in [2.24, 2.45) is 0 Å². The lowest BCUT2D eigenvalue weighted by Gasteiger charge is -2.35. The fourth-order valence-electron chi connectivity index (χ4n) is 4.51. The van der Waals surface area contributed by atoms with E-state index in [1.165, 1.54) is 5.56 Å². The molecule has 0 spiro atoms. The van der Waals surface area contributed by atoms with Crippen LogP contribution in [0.1, 0.15) is 27.0 Å². The molecule has 3 aromatic rings. The van der Waals surface area contributed by atoms with Crippen molar-refractivity contribution in [2.75, 3.05) is 47.5 Å². The highest BCUT2D eigenvalue weighted by Gasteiger charge is 2.25. The Kier molecular flexibility index (Phi) is 7.70. The topological polar surface area (TPSA) is 51.2 Å². The number of methoxy groups -OCH3 is 3. The average Bonchev–Trinajstić information content (AvgIpc) is 2.89. The highest BCUT2D eigenvalue weighted by molar-refractivity contribution is 5.96. The maximum atomic E-state index is 13.4. The second-order valence-electron chi connectivity index (χ2n) is 8.38. The quantitative estimate of drug-likeness (QED) is 0.503. The largest absolute Gasteiger partial charge is 0.493 e. The molecule has 3 aromatic carbocycles. The van der Waals surface area contributed by atoms with Crippen LogP contribution in [0.2, 0.25) is 0 Å². The Bertz CT molecular complexity index is 1110. The Balaban J connectivity index is 1.42. The van der Waals surface area contributed by atoms with Gasteiger partial charge < -0.3 is 19.1 Å². The molecule has 0 unspecified atom stereocenters. The van der Waals surface area contributed by atoms with Crippen molar-refractivity contribution in [2.45, 2.75) is 13.0 Å². The molecule has 0 N–H and O–H groups in total. The molecule has 34 heavy (non-hydrogen) atoms. The number of rotatable bonds is 8.